The predicted molar refractivity (Wildman–Crippen MR) is 95.4 cm³/mol. The molecule has 0 N–H and O–H groups in total. The minimum Gasteiger partial charge on any atom is -0.491 e. The van der Waals surface area contributed by atoms with Crippen molar-refractivity contribution in [1.82, 2.24) is 9.38 Å². The summed E-state index contributed by atoms with van der Waals surface area (Å²) >= 11 is 6.45. The van der Waals surface area contributed by atoms with E-state index in [4.69, 9.17) is 21.3 Å². The molecule has 0 fully saturated rings. The van der Waals surface area contributed by atoms with Crippen molar-refractivity contribution in [3.8, 4) is 17.0 Å². The lowest BCUT2D eigenvalue weighted by molar-refractivity contribution is 0.242. The highest BCUT2D eigenvalue weighted by molar-refractivity contribution is 6.20. The number of benzene rings is 1. The van der Waals surface area contributed by atoms with Crippen LogP contribution in [0.5, 0.6) is 5.75 Å². The molecule has 1 unspecified atom stereocenters. The normalized spacial score (nSPS) is 12.8. The smallest absolute Gasteiger partial charge is 0.140 e. The molecule has 4 heteroatoms. The molecule has 2 aromatic heterocycles. The summed E-state index contributed by atoms with van der Waals surface area (Å²) in [4.78, 5) is 4.83. The zero-order valence-corrected chi connectivity index (χ0v) is 14.6. The van der Waals surface area contributed by atoms with Gasteiger partial charge in [-0.1, -0.05) is 6.07 Å². The number of ether oxygens (including phenoxy) is 1. The molecule has 0 radical (unpaired) electrons. The Morgan fingerprint density at radius 2 is 1.78 bits per heavy atom. The lowest BCUT2D eigenvalue weighted by atomic mass is 10.1. The molecule has 1 atom stereocenters. The Morgan fingerprint density at radius 1 is 1.09 bits per heavy atom. The topological polar surface area (TPSA) is 26.5 Å². The van der Waals surface area contributed by atoms with Crippen molar-refractivity contribution in [1.29, 1.82) is 0 Å². The first-order valence-electron chi connectivity index (χ1n) is 7.86. The van der Waals surface area contributed by atoms with Crippen molar-refractivity contribution in [2.45, 2.75) is 39.2 Å². The Morgan fingerprint density at radius 3 is 2.39 bits per heavy atom. The van der Waals surface area contributed by atoms with Crippen LogP contribution in [0.15, 0.2) is 42.6 Å². The molecule has 0 aliphatic carbocycles. The van der Waals surface area contributed by atoms with Crippen LogP contribution in [0, 0.1) is 6.92 Å². The third kappa shape index (κ3) is 3.06. The quantitative estimate of drug-likeness (QED) is 0.600. The average molecular weight is 329 g/mol. The summed E-state index contributed by atoms with van der Waals surface area (Å²) < 4.78 is 7.79. The second-order valence-corrected chi connectivity index (χ2v) is 6.69. The van der Waals surface area contributed by atoms with Crippen molar-refractivity contribution < 1.29 is 4.74 Å². The van der Waals surface area contributed by atoms with Gasteiger partial charge in [0.1, 0.15) is 11.4 Å². The van der Waals surface area contributed by atoms with Crippen LogP contribution in [0.1, 0.15) is 37.4 Å². The maximum Gasteiger partial charge on any atom is 0.140 e. The Hall–Kier alpha value is -2.00. The number of hydrogen-bond donors (Lipinski definition) is 0. The van der Waals surface area contributed by atoms with Gasteiger partial charge in [0.25, 0.3) is 0 Å². The molecule has 120 valence electrons. The SMILES string of the molecule is Cc1cccn2c(C(C)Cl)c(-c3ccc(OC(C)C)cc3)nc12. The van der Waals surface area contributed by atoms with Crippen molar-refractivity contribution >= 4 is 17.2 Å². The summed E-state index contributed by atoms with van der Waals surface area (Å²) in [6, 6.07) is 12.1. The number of imidazole rings is 1. The Balaban J connectivity index is 2.12. The van der Waals surface area contributed by atoms with E-state index >= 15 is 0 Å². The molecule has 0 saturated carbocycles. The maximum absolute atomic E-state index is 6.45. The van der Waals surface area contributed by atoms with Crippen LogP contribution >= 0.6 is 11.6 Å². The Kier molecular flexibility index (Phi) is 4.31. The number of pyridine rings is 1. The number of alkyl halides is 1. The molecule has 23 heavy (non-hydrogen) atoms. The fraction of sp³-hybridized carbons (Fsp3) is 0.316. The maximum atomic E-state index is 6.45. The van der Waals surface area contributed by atoms with Crippen LogP contribution in [0.4, 0.5) is 0 Å². The first-order chi connectivity index (χ1) is 11.0. The van der Waals surface area contributed by atoms with Crippen LogP contribution in [0.3, 0.4) is 0 Å². The lowest BCUT2D eigenvalue weighted by Gasteiger charge is -2.11. The average Bonchev–Trinajstić information content (AvgIpc) is 2.88. The van der Waals surface area contributed by atoms with Gasteiger partial charge in [-0.25, -0.2) is 4.98 Å². The number of halogens is 1. The molecule has 0 aliphatic heterocycles. The summed E-state index contributed by atoms with van der Waals surface area (Å²) in [5.74, 6) is 0.865. The van der Waals surface area contributed by atoms with Gasteiger partial charge in [-0.05, 0) is 63.6 Å². The molecule has 0 aliphatic rings. The molecule has 0 spiro atoms. The third-order valence-electron chi connectivity index (χ3n) is 3.76. The summed E-state index contributed by atoms with van der Waals surface area (Å²) in [5.41, 5.74) is 5.08. The second-order valence-electron chi connectivity index (χ2n) is 6.04. The van der Waals surface area contributed by atoms with E-state index in [0.717, 1.165) is 33.9 Å². The molecule has 0 saturated heterocycles. The minimum absolute atomic E-state index is 0.131. The van der Waals surface area contributed by atoms with Gasteiger partial charge in [-0.15, -0.1) is 11.6 Å². The zero-order chi connectivity index (χ0) is 16.6. The molecular weight excluding hydrogens is 308 g/mol. The number of rotatable bonds is 4. The minimum atomic E-state index is -0.131. The van der Waals surface area contributed by atoms with E-state index in [1.54, 1.807) is 0 Å². The lowest BCUT2D eigenvalue weighted by Crippen LogP contribution is -2.05. The largest absolute Gasteiger partial charge is 0.491 e. The second kappa shape index (κ2) is 6.25. The fourth-order valence-corrected chi connectivity index (χ4v) is 2.99. The summed E-state index contributed by atoms with van der Waals surface area (Å²) in [7, 11) is 0. The van der Waals surface area contributed by atoms with Gasteiger partial charge < -0.3 is 9.14 Å². The van der Waals surface area contributed by atoms with Gasteiger partial charge in [0.15, 0.2) is 0 Å². The number of hydrogen-bond acceptors (Lipinski definition) is 2. The van der Waals surface area contributed by atoms with Crippen molar-refractivity contribution in [2.75, 3.05) is 0 Å². The van der Waals surface area contributed by atoms with Crippen LogP contribution in [0.25, 0.3) is 16.9 Å². The Bertz CT molecular complexity index is 819. The zero-order valence-electron chi connectivity index (χ0n) is 13.9. The number of aryl methyl sites for hydroxylation is 1. The monoisotopic (exact) mass is 328 g/mol. The van der Waals surface area contributed by atoms with Gasteiger partial charge in [-0.3, -0.25) is 0 Å². The molecule has 3 nitrogen and oxygen atoms in total. The number of aromatic nitrogens is 2. The number of nitrogens with zero attached hydrogens (tertiary/aromatic N) is 2. The summed E-state index contributed by atoms with van der Waals surface area (Å²) in [6.45, 7) is 8.08. The Labute approximate surface area is 141 Å². The van der Waals surface area contributed by atoms with E-state index in [2.05, 4.69) is 17.4 Å². The molecule has 2 heterocycles. The van der Waals surface area contributed by atoms with Gasteiger partial charge in [0, 0.05) is 11.8 Å². The third-order valence-corrected chi connectivity index (χ3v) is 3.97. The van der Waals surface area contributed by atoms with Crippen LogP contribution in [0.2, 0.25) is 0 Å². The molecule has 3 rings (SSSR count). The van der Waals surface area contributed by atoms with Gasteiger partial charge >= 0.3 is 0 Å². The van der Waals surface area contributed by atoms with E-state index in [1.807, 2.05) is 57.3 Å². The molecule has 0 amide bonds. The van der Waals surface area contributed by atoms with Crippen LogP contribution in [-0.2, 0) is 0 Å². The molecule has 1 aromatic carbocycles. The van der Waals surface area contributed by atoms with Crippen molar-refractivity contribution in [2.24, 2.45) is 0 Å². The van der Waals surface area contributed by atoms with E-state index in [1.165, 1.54) is 0 Å². The van der Waals surface area contributed by atoms with Gasteiger partial charge in [-0.2, -0.15) is 0 Å². The summed E-state index contributed by atoms with van der Waals surface area (Å²) in [5, 5.41) is -0.131. The first-order valence-corrected chi connectivity index (χ1v) is 8.29. The van der Waals surface area contributed by atoms with E-state index in [9.17, 15) is 0 Å². The predicted octanol–water partition coefficient (Wildman–Crippen LogP) is 5.40. The highest BCUT2D eigenvalue weighted by Gasteiger charge is 2.18. The summed E-state index contributed by atoms with van der Waals surface area (Å²) in [6.07, 6.45) is 2.18. The standard InChI is InChI=1S/C19H21ClN2O/c1-12(2)23-16-9-7-15(8-10-16)17-18(14(4)20)22-11-5-6-13(3)19(22)21-17/h5-12,14H,1-4H3. The molecule has 3 aromatic rings. The molecular formula is C19H21ClN2O. The van der Waals surface area contributed by atoms with Crippen molar-refractivity contribution in [3.63, 3.8) is 0 Å². The number of fused-ring (bicyclic) bond motifs is 1. The van der Waals surface area contributed by atoms with Crippen LogP contribution < -0.4 is 4.74 Å². The van der Waals surface area contributed by atoms with Gasteiger partial charge in [0.05, 0.1) is 22.9 Å². The van der Waals surface area contributed by atoms with Crippen LogP contribution in [-0.4, -0.2) is 15.5 Å². The highest BCUT2D eigenvalue weighted by atomic mass is 35.5. The van der Waals surface area contributed by atoms with E-state index in [0.29, 0.717) is 0 Å². The fourth-order valence-electron chi connectivity index (χ4n) is 2.78. The van der Waals surface area contributed by atoms with E-state index in [-0.39, 0.29) is 11.5 Å². The van der Waals surface area contributed by atoms with E-state index < -0.39 is 0 Å². The van der Waals surface area contributed by atoms with Gasteiger partial charge in [0.2, 0.25) is 0 Å². The highest BCUT2D eigenvalue weighted by Crippen LogP contribution is 2.33. The molecule has 0 bridgehead atoms. The van der Waals surface area contributed by atoms with Crippen molar-refractivity contribution in [3.05, 3.63) is 53.9 Å². The first kappa shape index (κ1) is 15.9.